The van der Waals surface area contributed by atoms with Gasteiger partial charge in [0.05, 0.1) is 5.69 Å². The van der Waals surface area contributed by atoms with E-state index in [0.29, 0.717) is 0 Å². The summed E-state index contributed by atoms with van der Waals surface area (Å²) in [6, 6.07) is 14.0. The van der Waals surface area contributed by atoms with Crippen LogP contribution in [0, 0.1) is 0 Å². The summed E-state index contributed by atoms with van der Waals surface area (Å²) in [6.07, 6.45) is 1.78. The van der Waals surface area contributed by atoms with Crippen molar-refractivity contribution in [1.82, 2.24) is 4.98 Å². The van der Waals surface area contributed by atoms with Gasteiger partial charge < -0.3 is 0 Å². The largest absolute Gasteiger partial charge is 0.291 e. The van der Waals surface area contributed by atoms with Gasteiger partial charge in [-0.25, -0.2) is 0 Å². The van der Waals surface area contributed by atoms with Gasteiger partial charge in [0, 0.05) is 17.5 Å². The molecule has 3 heteroatoms. The zero-order chi connectivity index (χ0) is 11.2. The van der Waals surface area contributed by atoms with Crippen molar-refractivity contribution < 1.29 is 4.79 Å². The van der Waals surface area contributed by atoms with Crippen molar-refractivity contribution >= 4 is 17.4 Å². The average molecular weight is 229 g/mol. The number of carbonyl (C=O) groups excluding carboxylic acids is 1. The molecular formula is C13H11NOS. The Kier molecular flexibility index (Phi) is 3.72. The van der Waals surface area contributed by atoms with E-state index >= 15 is 0 Å². The molecule has 2 aromatic rings. The van der Waals surface area contributed by atoms with Crippen molar-refractivity contribution in [3.63, 3.8) is 0 Å². The van der Waals surface area contributed by atoms with Crippen LogP contribution >= 0.6 is 11.8 Å². The zero-order valence-corrected chi connectivity index (χ0v) is 9.48. The number of rotatable bonds is 4. The Bertz CT molecular complexity index is 453. The molecule has 80 valence electrons. The van der Waals surface area contributed by atoms with E-state index in [-0.39, 0.29) is 0 Å². The van der Waals surface area contributed by atoms with Gasteiger partial charge in [0.2, 0.25) is 0 Å². The Morgan fingerprint density at radius 2 is 1.94 bits per heavy atom. The van der Waals surface area contributed by atoms with Crippen LogP contribution in [0.25, 0.3) is 11.3 Å². The molecule has 0 aliphatic rings. The van der Waals surface area contributed by atoms with E-state index in [2.05, 4.69) is 4.98 Å². The first-order chi connectivity index (χ1) is 7.90. The van der Waals surface area contributed by atoms with E-state index < -0.39 is 0 Å². The van der Waals surface area contributed by atoms with Gasteiger partial charge in [0.15, 0.2) is 5.62 Å². The molecule has 1 heterocycles. The highest BCUT2D eigenvalue weighted by Gasteiger charge is 1.98. The minimum Gasteiger partial charge on any atom is -0.291 e. The minimum atomic E-state index is 0.728. The molecule has 2 nitrogen and oxygen atoms in total. The number of hydrogen-bond donors (Lipinski definition) is 0. The first-order valence-electron chi connectivity index (χ1n) is 4.96. The Morgan fingerprint density at radius 3 is 2.56 bits per heavy atom. The molecule has 1 aromatic heterocycles. The lowest BCUT2D eigenvalue weighted by Gasteiger charge is -2.01. The fourth-order valence-corrected chi connectivity index (χ4v) is 1.89. The molecule has 0 saturated carbocycles. The van der Waals surface area contributed by atoms with Gasteiger partial charge in [-0.2, -0.15) is 0 Å². The fraction of sp³-hybridized carbons (Fsp3) is 0.0769. The lowest BCUT2D eigenvalue weighted by Crippen LogP contribution is -1.84. The molecular weight excluding hydrogens is 218 g/mol. The molecule has 0 N–H and O–H groups in total. The molecule has 0 aliphatic heterocycles. The van der Waals surface area contributed by atoms with Gasteiger partial charge in [-0.3, -0.25) is 9.78 Å². The maximum Gasteiger partial charge on any atom is 0.176 e. The third kappa shape index (κ3) is 2.70. The Labute approximate surface area is 98.7 Å². The van der Waals surface area contributed by atoms with Gasteiger partial charge in [0.1, 0.15) is 0 Å². The predicted octanol–water partition coefficient (Wildman–Crippen LogP) is 3.17. The van der Waals surface area contributed by atoms with Crippen molar-refractivity contribution in [2.45, 2.75) is 5.75 Å². The Morgan fingerprint density at radius 1 is 1.12 bits per heavy atom. The Balaban J connectivity index is 2.16. The molecule has 2 rings (SSSR count). The predicted molar refractivity (Wildman–Crippen MR) is 67.7 cm³/mol. The summed E-state index contributed by atoms with van der Waals surface area (Å²) >= 11 is 1.27. The maximum absolute atomic E-state index is 10.2. The number of hydrogen-bond acceptors (Lipinski definition) is 3. The standard InChI is InChI=1S/C13H11NOS/c15-10-16-9-11-4-6-12(7-5-11)13-3-1-2-8-14-13/h1-8,10H,9H2. The normalized spacial score (nSPS) is 10.0. The molecule has 0 spiro atoms. The molecule has 0 bridgehead atoms. The van der Waals surface area contributed by atoms with Crippen LogP contribution in [0.1, 0.15) is 5.56 Å². The van der Waals surface area contributed by atoms with Crippen molar-refractivity contribution in [1.29, 1.82) is 0 Å². The van der Waals surface area contributed by atoms with E-state index in [4.69, 9.17) is 0 Å². The van der Waals surface area contributed by atoms with Crippen molar-refractivity contribution in [3.8, 4) is 11.3 Å². The highest BCUT2D eigenvalue weighted by molar-refractivity contribution is 8.11. The molecule has 0 aliphatic carbocycles. The van der Waals surface area contributed by atoms with Crippen molar-refractivity contribution in [2.75, 3.05) is 0 Å². The number of benzene rings is 1. The second-order valence-electron chi connectivity index (χ2n) is 3.32. The van der Waals surface area contributed by atoms with E-state index in [9.17, 15) is 4.79 Å². The molecule has 0 unspecified atom stereocenters. The monoisotopic (exact) mass is 229 g/mol. The first kappa shape index (κ1) is 10.9. The smallest absolute Gasteiger partial charge is 0.176 e. The quantitative estimate of drug-likeness (QED) is 0.754. The van der Waals surface area contributed by atoms with Crippen LogP contribution in [0.3, 0.4) is 0 Å². The lowest BCUT2D eigenvalue weighted by molar-refractivity contribution is 0.570. The average Bonchev–Trinajstić information content (AvgIpc) is 2.38. The van der Waals surface area contributed by atoms with Gasteiger partial charge >= 0.3 is 0 Å². The number of pyridine rings is 1. The summed E-state index contributed by atoms with van der Waals surface area (Å²) in [5.41, 5.74) is 4.08. The fourth-order valence-electron chi connectivity index (χ4n) is 1.44. The summed E-state index contributed by atoms with van der Waals surface area (Å²) < 4.78 is 0. The second-order valence-corrected chi connectivity index (χ2v) is 4.13. The lowest BCUT2D eigenvalue weighted by atomic mass is 10.1. The maximum atomic E-state index is 10.2. The van der Waals surface area contributed by atoms with E-state index in [0.717, 1.165) is 28.2 Å². The minimum absolute atomic E-state index is 0.728. The topological polar surface area (TPSA) is 30.0 Å². The van der Waals surface area contributed by atoms with Gasteiger partial charge in [-0.15, -0.1) is 0 Å². The summed E-state index contributed by atoms with van der Waals surface area (Å²) in [7, 11) is 0. The van der Waals surface area contributed by atoms with Crippen LogP contribution in [0.2, 0.25) is 0 Å². The van der Waals surface area contributed by atoms with Crippen molar-refractivity contribution in [2.24, 2.45) is 0 Å². The van der Waals surface area contributed by atoms with E-state index in [1.807, 2.05) is 42.5 Å². The van der Waals surface area contributed by atoms with Crippen LogP contribution in [-0.2, 0) is 10.5 Å². The molecule has 0 saturated heterocycles. The molecule has 0 amide bonds. The summed E-state index contributed by atoms with van der Waals surface area (Å²) in [5, 5.41) is 0. The van der Waals surface area contributed by atoms with Gasteiger partial charge in [-0.05, 0) is 17.7 Å². The molecule has 0 atom stereocenters. The van der Waals surface area contributed by atoms with Crippen LogP contribution in [0.15, 0.2) is 48.7 Å². The second kappa shape index (κ2) is 5.47. The number of aromatic nitrogens is 1. The molecule has 16 heavy (non-hydrogen) atoms. The molecule has 1 aromatic carbocycles. The number of carbonyl (C=O) groups is 1. The van der Waals surface area contributed by atoms with Gasteiger partial charge in [-0.1, -0.05) is 42.1 Å². The summed E-state index contributed by atoms with van der Waals surface area (Å²) in [5.74, 6) is 0.728. The molecule has 0 radical (unpaired) electrons. The summed E-state index contributed by atoms with van der Waals surface area (Å²) in [6.45, 7) is 0. The SMILES string of the molecule is O=CSCc1ccc(-c2ccccn2)cc1. The zero-order valence-electron chi connectivity index (χ0n) is 8.67. The molecule has 0 fully saturated rings. The van der Waals surface area contributed by atoms with E-state index in [1.54, 1.807) is 6.20 Å². The number of nitrogens with zero attached hydrogens (tertiary/aromatic N) is 1. The van der Waals surface area contributed by atoms with Crippen molar-refractivity contribution in [3.05, 3.63) is 54.2 Å². The van der Waals surface area contributed by atoms with Crippen LogP contribution in [0.5, 0.6) is 0 Å². The highest BCUT2D eigenvalue weighted by atomic mass is 32.2. The first-order valence-corrected chi connectivity index (χ1v) is 6.00. The third-order valence-electron chi connectivity index (χ3n) is 2.23. The van der Waals surface area contributed by atoms with Gasteiger partial charge in [0.25, 0.3) is 0 Å². The van der Waals surface area contributed by atoms with Crippen LogP contribution in [0.4, 0.5) is 0 Å². The van der Waals surface area contributed by atoms with Crippen LogP contribution < -0.4 is 0 Å². The third-order valence-corrected chi connectivity index (χ3v) is 2.87. The van der Waals surface area contributed by atoms with Crippen LogP contribution in [-0.4, -0.2) is 10.6 Å². The highest BCUT2D eigenvalue weighted by Crippen LogP contribution is 2.18. The Hall–Kier alpha value is -1.61. The number of thioether (sulfide) groups is 1. The summed E-state index contributed by atoms with van der Waals surface area (Å²) in [4.78, 5) is 14.5. The van der Waals surface area contributed by atoms with E-state index in [1.165, 1.54) is 11.8 Å².